The van der Waals surface area contributed by atoms with E-state index in [0.29, 0.717) is 12.2 Å². The highest BCUT2D eigenvalue weighted by molar-refractivity contribution is 5.93. The fourth-order valence-corrected chi connectivity index (χ4v) is 2.90. The van der Waals surface area contributed by atoms with Gasteiger partial charge in [0.15, 0.2) is 0 Å². The average molecular weight is 327 g/mol. The summed E-state index contributed by atoms with van der Waals surface area (Å²) in [4.78, 5) is 31.5. The minimum Gasteiger partial charge on any atom is -0.390 e. The van der Waals surface area contributed by atoms with Crippen molar-refractivity contribution in [3.8, 4) is 0 Å². The van der Waals surface area contributed by atoms with Crippen LogP contribution in [0.2, 0.25) is 0 Å². The van der Waals surface area contributed by atoms with Crippen LogP contribution in [0.3, 0.4) is 0 Å². The number of nitrogens with zero attached hydrogens (tertiary/aromatic N) is 1. The summed E-state index contributed by atoms with van der Waals surface area (Å²) in [6, 6.07) is 7.05. The molecule has 1 aromatic carbocycles. The molecular weight excluding hydrogens is 306 g/mol. The molecule has 1 amide bonds. The molecule has 3 N–H and O–H groups in total. The Hall–Kier alpha value is -2.47. The van der Waals surface area contributed by atoms with Crippen LogP contribution in [0, 0.1) is 0 Å². The van der Waals surface area contributed by atoms with Gasteiger partial charge in [-0.15, -0.1) is 0 Å². The quantitative estimate of drug-likeness (QED) is 0.778. The number of rotatable bonds is 2. The van der Waals surface area contributed by atoms with Crippen molar-refractivity contribution in [2.75, 3.05) is 0 Å². The smallest absolute Gasteiger partial charge is 0.263 e. The van der Waals surface area contributed by atoms with Crippen LogP contribution < -0.4 is 10.9 Å². The van der Waals surface area contributed by atoms with Crippen molar-refractivity contribution < 1.29 is 9.90 Å². The molecule has 1 aliphatic rings. The Labute approximate surface area is 140 Å². The Bertz CT molecular complexity index is 836. The third-order valence-electron chi connectivity index (χ3n) is 4.24. The third-order valence-corrected chi connectivity index (χ3v) is 4.24. The lowest BCUT2D eigenvalue weighted by Gasteiger charge is -2.19. The highest BCUT2D eigenvalue weighted by Gasteiger charge is 2.32. The van der Waals surface area contributed by atoms with E-state index in [0.717, 1.165) is 11.1 Å². The van der Waals surface area contributed by atoms with E-state index in [1.807, 2.05) is 45.0 Å². The summed E-state index contributed by atoms with van der Waals surface area (Å²) in [6.45, 7) is 5.78. The van der Waals surface area contributed by atoms with Crippen molar-refractivity contribution in [3.05, 3.63) is 63.3 Å². The molecule has 0 spiro atoms. The van der Waals surface area contributed by atoms with Crippen molar-refractivity contribution >= 4 is 5.91 Å². The van der Waals surface area contributed by atoms with Crippen LogP contribution in [-0.4, -0.2) is 27.1 Å². The molecule has 0 bridgehead atoms. The van der Waals surface area contributed by atoms with Crippen LogP contribution in [0.1, 0.15) is 54.1 Å². The number of aliphatic hydroxyl groups is 1. The molecule has 1 aliphatic carbocycles. The number of aromatic nitrogens is 2. The van der Waals surface area contributed by atoms with E-state index >= 15 is 0 Å². The molecule has 3 rings (SSSR count). The first-order valence-electron chi connectivity index (χ1n) is 7.94. The molecule has 2 aromatic rings. The van der Waals surface area contributed by atoms with Crippen LogP contribution in [0.15, 0.2) is 35.3 Å². The Morgan fingerprint density at radius 3 is 2.71 bits per heavy atom. The molecule has 0 radical (unpaired) electrons. The molecule has 0 fully saturated rings. The molecule has 1 heterocycles. The van der Waals surface area contributed by atoms with Crippen LogP contribution >= 0.6 is 0 Å². The molecule has 0 aliphatic heterocycles. The molecule has 2 atom stereocenters. The van der Waals surface area contributed by atoms with Crippen molar-refractivity contribution in [1.29, 1.82) is 0 Å². The fraction of sp³-hybridized carbons (Fsp3) is 0.389. The second-order valence-corrected chi connectivity index (χ2v) is 7.15. The molecule has 0 saturated carbocycles. The van der Waals surface area contributed by atoms with Gasteiger partial charge in [0.1, 0.15) is 11.4 Å². The number of aliphatic hydroxyl groups excluding tert-OH is 1. The lowest BCUT2D eigenvalue weighted by molar-refractivity contribution is 0.0856. The topological polar surface area (TPSA) is 95.1 Å². The first kappa shape index (κ1) is 16.4. The van der Waals surface area contributed by atoms with E-state index in [-0.39, 0.29) is 11.0 Å². The zero-order valence-electron chi connectivity index (χ0n) is 14.0. The van der Waals surface area contributed by atoms with Crippen molar-refractivity contribution in [3.63, 3.8) is 0 Å². The molecule has 24 heavy (non-hydrogen) atoms. The standard InChI is InChI=1S/C18H21N3O3/c1-18(2,3)17-19-9-12(16(24)21-17)15(23)20-14-11-7-5-4-6-10(11)8-13(14)22/h4-7,9,13-14,22H,8H2,1-3H3,(H,20,23)(H,19,21,24)/t13-,14+/m0/s1. The first-order chi connectivity index (χ1) is 11.3. The number of fused-ring (bicyclic) bond motifs is 1. The molecule has 6 heteroatoms. The third kappa shape index (κ3) is 2.97. The summed E-state index contributed by atoms with van der Waals surface area (Å²) in [5.74, 6) is -0.0136. The van der Waals surface area contributed by atoms with Gasteiger partial charge in [-0.3, -0.25) is 9.59 Å². The second kappa shape index (κ2) is 5.87. The predicted molar refractivity (Wildman–Crippen MR) is 89.9 cm³/mol. The highest BCUT2D eigenvalue weighted by Crippen LogP contribution is 2.31. The van der Waals surface area contributed by atoms with Gasteiger partial charge in [0.25, 0.3) is 11.5 Å². The zero-order chi connectivity index (χ0) is 17.5. The first-order valence-corrected chi connectivity index (χ1v) is 7.94. The van der Waals surface area contributed by atoms with Crippen molar-refractivity contribution in [2.45, 2.75) is 44.8 Å². The van der Waals surface area contributed by atoms with Gasteiger partial charge in [0.2, 0.25) is 0 Å². The van der Waals surface area contributed by atoms with E-state index in [9.17, 15) is 14.7 Å². The second-order valence-electron chi connectivity index (χ2n) is 7.15. The molecule has 0 saturated heterocycles. The van der Waals surface area contributed by atoms with E-state index in [2.05, 4.69) is 15.3 Å². The highest BCUT2D eigenvalue weighted by atomic mass is 16.3. The summed E-state index contributed by atoms with van der Waals surface area (Å²) >= 11 is 0. The molecule has 0 unspecified atom stereocenters. The Kier molecular flexibility index (Phi) is 4.01. The Morgan fingerprint density at radius 2 is 2.04 bits per heavy atom. The van der Waals surface area contributed by atoms with Gasteiger partial charge in [0.05, 0.1) is 12.1 Å². The number of benzene rings is 1. The maximum Gasteiger partial charge on any atom is 0.263 e. The van der Waals surface area contributed by atoms with Gasteiger partial charge in [-0.1, -0.05) is 45.0 Å². The minimum atomic E-state index is -0.702. The summed E-state index contributed by atoms with van der Waals surface area (Å²) < 4.78 is 0. The van der Waals surface area contributed by atoms with Gasteiger partial charge in [-0.25, -0.2) is 4.98 Å². The van der Waals surface area contributed by atoms with E-state index in [4.69, 9.17) is 0 Å². The summed E-state index contributed by atoms with van der Waals surface area (Å²) in [6.07, 6.45) is 1.08. The Morgan fingerprint density at radius 1 is 1.33 bits per heavy atom. The molecule has 1 aromatic heterocycles. The predicted octanol–water partition coefficient (Wildman–Crippen LogP) is 1.46. The number of carbonyl (C=O) groups excluding carboxylic acids is 1. The van der Waals surface area contributed by atoms with Gasteiger partial charge < -0.3 is 15.4 Å². The molecule has 126 valence electrons. The largest absolute Gasteiger partial charge is 0.390 e. The molecular formula is C18H21N3O3. The maximum atomic E-state index is 12.5. The Balaban J connectivity index is 1.85. The fourth-order valence-electron chi connectivity index (χ4n) is 2.90. The average Bonchev–Trinajstić information content (AvgIpc) is 2.82. The van der Waals surface area contributed by atoms with E-state index in [1.54, 1.807) is 0 Å². The number of carbonyl (C=O) groups is 1. The van der Waals surface area contributed by atoms with Gasteiger partial charge in [-0.05, 0) is 11.1 Å². The lowest BCUT2D eigenvalue weighted by atomic mass is 9.96. The van der Waals surface area contributed by atoms with Crippen LogP contribution in [-0.2, 0) is 11.8 Å². The number of hydrogen-bond donors (Lipinski definition) is 3. The van der Waals surface area contributed by atoms with Gasteiger partial charge in [-0.2, -0.15) is 0 Å². The monoisotopic (exact) mass is 327 g/mol. The summed E-state index contributed by atoms with van der Waals surface area (Å²) in [5, 5.41) is 13.0. The lowest BCUT2D eigenvalue weighted by Crippen LogP contribution is -2.37. The van der Waals surface area contributed by atoms with Gasteiger partial charge >= 0.3 is 0 Å². The normalized spacial score (nSPS) is 19.8. The van der Waals surface area contributed by atoms with E-state index < -0.39 is 23.6 Å². The number of H-pyrrole nitrogens is 1. The summed E-state index contributed by atoms with van der Waals surface area (Å²) in [5.41, 5.74) is 1.04. The number of amides is 1. The molecule has 6 nitrogen and oxygen atoms in total. The van der Waals surface area contributed by atoms with Crippen LogP contribution in [0.5, 0.6) is 0 Å². The maximum absolute atomic E-state index is 12.5. The summed E-state index contributed by atoms with van der Waals surface area (Å²) in [7, 11) is 0. The zero-order valence-corrected chi connectivity index (χ0v) is 14.0. The minimum absolute atomic E-state index is 0.0559. The number of nitrogens with one attached hydrogen (secondary N) is 2. The van der Waals surface area contributed by atoms with Gasteiger partial charge in [0, 0.05) is 18.0 Å². The van der Waals surface area contributed by atoms with Crippen LogP contribution in [0.4, 0.5) is 0 Å². The number of aromatic amines is 1. The number of hydrogen-bond acceptors (Lipinski definition) is 4. The van der Waals surface area contributed by atoms with Crippen molar-refractivity contribution in [2.24, 2.45) is 0 Å². The van der Waals surface area contributed by atoms with Crippen molar-refractivity contribution in [1.82, 2.24) is 15.3 Å². The van der Waals surface area contributed by atoms with Crippen LogP contribution in [0.25, 0.3) is 0 Å². The SMILES string of the molecule is CC(C)(C)c1ncc(C(=O)N[C@@H]2c3ccccc3C[C@@H]2O)c(=O)[nH]1. The van der Waals surface area contributed by atoms with E-state index in [1.165, 1.54) is 6.20 Å².